The minimum Gasteiger partial charge on any atom is -0.366 e. The van der Waals surface area contributed by atoms with Crippen molar-refractivity contribution in [3.63, 3.8) is 0 Å². The number of rotatable bonds is 5. The lowest BCUT2D eigenvalue weighted by atomic mass is 10.0. The molecule has 5 nitrogen and oxygen atoms in total. The molecule has 0 saturated heterocycles. The van der Waals surface area contributed by atoms with E-state index in [1.165, 1.54) is 0 Å². The Kier molecular flexibility index (Phi) is 4.49. The molecule has 2 heterocycles. The normalized spacial score (nSPS) is 10.9. The van der Waals surface area contributed by atoms with Crippen molar-refractivity contribution in [2.45, 2.75) is 13.5 Å². The van der Waals surface area contributed by atoms with Crippen molar-refractivity contribution in [2.75, 3.05) is 0 Å². The number of aryl methyl sites for hydroxylation is 1. The Bertz CT molecular complexity index is 1190. The molecule has 2 N–H and O–H groups in total. The van der Waals surface area contributed by atoms with Crippen LogP contribution in [0.1, 0.15) is 37.5 Å². The number of carbonyl (C=O) groups excluding carboxylic acids is 2. The van der Waals surface area contributed by atoms with Gasteiger partial charge in [0.05, 0.1) is 23.3 Å². The number of hydrogen-bond acceptors (Lipinski definition) is 3. The summed E-state index contributed by atoms with van der Waals surface area (Å²) in [5, 5.41) is 0.714. The van der Waals surface area contributed by atoms with Crippen LogP contribution in [0.5, 0.6) is 0 Å². The third kappa shape index (κ3) is 3.18. The molecule has 0 aliphatic heterocycles. The quantitative estimate of drug-likeness (QED) is 0.545. The van der Waals surface area contributed by atoms with Gasteiger partial charge >= 0.3 is 0 Å². The Balaban J connectivity index is 1.74. The number of carbonyl (C=O) groups is 2. The summed E-state index contributed by atoms with van der Waals surface area (Å²) in [5.41, 5.74) is 9.77. The van der Waals surface area contributed by atoms with Gasteiger partial charge in [0.15, 0.2) is 0 Å². The summed E-state index contributed by atoms with van der Waals surface area (Å²) in [4.78, 5) is 29.5. The number of nitrogens with two attached hydrogens (primary N) is 1. The minimum absolute atomic E-state index is 0.0700. The lowest BCUT2D eigenvalue weighted by molar-refractivity contribution is 0.0999. The van der Waals surface area contributed by atoms with Crippen molar-refractivity contribution in [2.24, 2.45) is 5.73 Å². The van der Waals surface area contributed by atoms with E-state index in [-0.39, 0.29) is 5.78 Å². The highest BCUT2D eigenvalue weighted by Gasteiger charge is 2.17. The topological polar surface area (TPSA) is 78.0 Å². The lowest BCUT2D eigenvalue weighted by Crippen LogP contribution is -2.18. The van der Waals surface area contributed by atoms with Gasteiger partial charge in [0, 0.05) is 28.9 Å². The number of primary amides is 1. The highest BCUT2D eigenvalue weighted by molar-refractivity contribution is 6.08. The van der Waals surface area contributed by atoms with Crippen LogP contribution in [0.4, 0.5) is 0 Å². The van der Waals surface area contributed by atoms with Crippen molar-refractivity contribution >= 4 is 22.6 Å². The maximum Gasteiger partial charge on any atom is 0.249 e. The monoisotopic (exact) mass is 369 g/mol. The summed E-state index contributed by atoms with van der Waals surface area (Å²) in [6.45, 7) is 2.31. The van der Waals surface area contributed by atoms with Crippen LogP contribution < -0.4 is 5.73 Å². The molecule has 0 unspecified atom stereocenters. The highest BCUT2D eigenvalue weighted by Crippen LogP contribution is 2.22. The summed E-state index contributed by atoms with van der Waals surface area (Å²) < 4.78 is 1.82. The van der Waals surface area contributed by atoms with E-state index >= 15 is 0 Å². The molecule has 0 saturated carbocycles. The molecule has 0 fully saturated rings. The van der Waals surface area contributed by atoms with Crippen LogP contribution in [0.25, 0.3) is 10.9 Å². The molecule has 4 rings (SSSR count). The summed E-state index contributed by atoms with van der Waals surface area (Å²) in [7, 11) is 0. The maximum atomic E-state index is 12.9. The largest absolute Gasteiger partial charge is 0.366 e. The number of aromatic nitrogens is 2. The van der Waals surface area contributed by atoms with E-state index in [2.05, 4.69) is 4.98 Å². The zero-order valence-corrected chi connectivity index (χ0v) is 15.4. The van der Waals surface area contributed by atoms with Gasteiger partial charge in [-0.2, -0.15) is 0 Å². The van der Waals surface area contributed by atoms with E-state index in [4.69, 9.17) is 5.73 Å². The van der Waals surface area contributed by atoms with Crippen LogP contribution in [0.3, 0.4) is 0 Å². The first kappa shape index (κ1) is 17.7. The molecule has 28 heavy (non-hydrogen) atoms. The van der Waals surface area contributed by atoms with Gasteiger partial charge in [-0.1, -0.05) is 48.0 Å². The molecule has 0 aliphatic carbocycles. The number of para-hydroxylation sites is 1. The highest BCUT2D eigenvalue weighted by atomic mass is 16.1. The Morgan fingerprint density at radius 3 is 2.50 bits per heavy atom. The first-order chi connectivity index (χ1) is 13.5. The molecule has 4 aromatic rings. The number of benzene rings is 2. The first-order valence-corrected chi connectivity index (χ1v) is 8.97. The van der Waals surface area contributed by atoms with Gasteiger partial charge in [-0.3, -0.25) is 14.6 Å². The van der Waals surface area contributed by atoms with Crippen LogP contribution in [0.2, 0.25) is 0 Å². The average Bonchev–Trinajstić information content (AvgIpc) is 3.15. The van der Waals surface area contributed by atoms with Crippen molar-refractivity contribution in [1.29, 1.82) is 0 Å². The van der Waals surface area contributed by atoms with Gasteiger partial charge in [0.25, 0.3) is 0 Å². The molecule has 0 radical (unpaired) electrons. The van der Waals surface area contributed by atoms with Gasteiger partial charge in [-0.25, -0.2) is 0 Å². The summed E-state index contributed by atoms with van der Waals surface area (Å²) >= 11 is 0. The van der Waals surface area contributed by atoms with E-state index < -0.39 is 5.91 Å². The van der Waals surface area contributed by atoms with E-state index in [1.54, 1.807) is 12.3 Å². The smallest absolute Gasteiger partial charge is 0.249 e. The van der Waals surface area contributed by atoms with Gasteiger partial charge < -0.3 is 10.3 Å². The zero-order chi connectivity index (χ0) is 19.7. The van der Waals surface area contributed by atoms with Crippen LogP contribution in [0, 0.1) is 6.92 Å². The molecular weight excluding hydrogens is 350 g/mol. The number of nitrogens with zero attached hydrogens (tertiary/aromatic N) is 2. The van der Waals surface area contributed by atoms with Gasteiger partial charge in [0.2, 0.25) is 11.7 Å². The number of hydrogen-bond donors (Lipinski definition) is 1. The second kappa shape index (κ2) is 7.12. The summed E-state index contributed by atoms with van der Waals surface area (Å²) in [5.74, 6) is -0.577. The fourth-order valence-electron chi connectivity index (χ4n) is 3.39. The van der Waals surface area contributed by atoms with Crippen LogP contribution in [-0.4, -0.2) is 21.2 Å². The van der Waals surface area contributed by atoms with Crippen molar-refractivity contribution in [3.05, 3.63) is 101 Å². The number of ketones is 1. The van der Waals surface area contributed by atoms with E-state index in [0.717, 1.165) is 5.56 Å². The molecular formula is C23H19N3O2. The van der Waals surface area contributed by atoms with E-state index in [0.29, 0.717) is 39.8 Å². The predicted octanol–water partition coefficient (Wildman–Crippen LogP) is 3.72. The molecule has 2 aromatic carbocycles. The maximum absolute atomic E-state index is 12.9. The molecule has 0 atom stereocenters. The van der Waals surface area contributed by atoms with Crippen molar-refractivity contribution in [3.8, 4) is 0 Å². The van der Waals surface area contributed by atoms with Crippen LogP contribution in [-0.2, 0) is 6.54 Å². The van der Waals surface area contributed by atoms with Gasteiger partial charge in [-0.15, -0.1) is 0 Å². The van der Waals surface area contributed by atoms with Crippen molar-refractivity contribution < 1.29 is 9.59 Å². The SMILES string of the molecule is Cc1ccc(C(=O)c2cccn2Cc2cnc3ccccc3c2C(N)=O)cc1. The number of pyridine rings is 1. The number of amides is 1. The second-order valence-corrected chi connectivity index (χ2v) is 6.76. The lowest BCUT2D eigenvalue weighted by Gasteiger charge is -2.13. The Labute approximate surface area is 162 Å². The third-order valence-corrected chi connectivity index (χ3v) is 4.82. The van der Waals surface area contributed by atoms with E-state index in [9.17, 15) is 9.59 Å². The molecule has 0 aliphatic rings. The Hall–Kier alpha value is -3.73. The summed E-state index contributed by atoms with van der Waals surface area (Å²) in [6.07, 6.45) is 3.48. The predicted molar refractivity (Wildman–Crippen MR) is 108 cm³/mol. The molecule has 0 spiro atoms. The molecule has 2 aromatic heterocycles. The first-order valence-electron chi connectivity index (χ1n) is 8.97. The fraction of sp³-hybridized carbons (Fsp3) is 0.0870. The van der Waals surface area contributed by atoms with Crippen LogP contribution >= 0.6 is 0 Å². The Morgan fingerprint density at radius 1 is 1.00 bits per heavy atom. The third-order valence-electron chi connectivity index (χ3n) is 4.82. The fourth-order valence-corrected chi connectivity index (χ4v) is 3.39. The second-order valence-electron chi connectivity index (χ2n) is 6.76. The van der Waals surface area contributed by atoms with E-state index in [1.807, 2.05) is 72.3 Å². The van der Waals surface area contributed by atoms with Crippen LogP contribution in [0.15, 0.2) is 73.1 Å². The van der Waals surface area contributed by atoms with Crippen molar-refractivity contribution in [1.82, 2.24) is 9.55 Å². The molecule has 0 bridgehead atoms. The summed E-state index contributed by atoms with van der Waals surface area (Å²) in [6, 6.07) is 18.5. The zero-order valence-electron chi connectivity index (χ0n) is 15.4. The van der Waals surface area contributed by atoms with Gasteiger partial charge in [-0.05, 0) is 25.1 Å². The standard InChI is InChI=1S/C23H19N3O2/c1-15-8-10-16(11-9-15)22(27)20-7-4-12-26(20)14-17-13-25-19-6-3-2-5-18(19)21(17)23(24)28/h2-13H,14H2,1H3,(H2,24,28). The molecule has 1 amide bonds. The molecule has 138 valence electrons. The van der Waals surface area contributed by atoms with Gasteiger partial charge in [0.1, 0.15) is 0 Å². The molecule has 5 heteroatoms. The number of fused-ring (bicyclic) bond motifs is 1. The average molecular weight is 369 g/mol. The Morgan fingerprint density at radius 2 is 1.75 bits per heavy atom. The minimum atomic E-state index is -0.507.